The van der Waals surface area contributed by atoms with E-state index in [-0.39, 0.29) is 6.29 Å². The first-order valence-corrected chi connectivity index (χ1v) is 6.63. The van der Waals surface area contributed by atoms with Crippen LogP contribution in [0.1, 0.15) is 12.8 Å². The van der Waals surface area contributed by atoms with Crippen molar-refractivity contribution in [1.82, 2.24) is 4.98 Å². The number of aromatic nitrogens is 1. The minimum absolute atomic E-state index is 0.128. The van der Waals surface area contributed by atoms with Crippen LogP contribution in [-0.4, -0.2) is 31.1 Å². The van der Waals surface area contributed by atoms with Crippen molar-refractivity contribution in [2.75, 3.05) is 19.8 Å². The first kappa shape index (κ1) is 12.4. The zero-order valence-corrected chi connectivity index (χ0v) is 10.7. The first-order valence-electron chi connectivity index (χ1n) is 6.63. The number of para-hydroxylation sites is 1. The van der Waals surface area contributed by atoms with Crippen molar-refractivity contribution in [2.24, 2.45) is 0 Å². The molecule has 2 aromatic rings. The minimum atomic E-state index is -0.128. The highest BCUT2D eigenvalue weighted by atomic mass is 16.7. The van der Waals surface area contributed by atoms with Crippen LogP contribution in [0.25, 0.3) is 10.9 Å². The lowest BCUT2D eigenvalue weighted by molar-refractivity contribution is -0.183. The Morgan fingerprint density at radius 1 is 1.16 bits per heavy atom. The third-order valence-electron chi connectivity index (χ3n) is 3.10. The summed E-state index contributed by atoms with van der Waals surface area (Å²) in [6, 6.07) is 9.91. The first-order chi connectivity index (χ1) is 9.43. The van der Waals surface area contributed by atoms with Crippen LogP contribution in [0.15, 0.2) is 36.5 Å². The maximum atomic E-state index is 5.80. The topological polar surface area (TPSA) is 40.6 Å². The molecule has 1 saturated heterocycles. The maximum Gasteiger partial charge on any atom is 0.160 e. The lowest BCUT2D eigenvalue weighted by Gasteiger charge is -2.23. The number of benzene rings is 1. The molecule has 19 heavy (non-hydrogen) atoms. The summed E-state index contributed by atoms with van der Waals surface area (Å²) in [6.45, 7) is 2.13. The molecular weight excluding hydrogens is 242 g/mol. The fraction of sp³-hybridized carbons (Fsp3) is 0.400. The molecule has 3 rings (SSSR count). The molecule has 4 heteroatoms. The average molecular weight is 259 g/mol. The highest BCUT2D eigenvalue weighted by Gasteiger charge is 2.14. The summed E-state index contributed by atoms with van der Waals surface area (Å²) in [7, 11) is 0. The fourth-order valence-electron chi connectivity index (χ4n) is 2.16. The lowest BCUT2D eigenvalue weighted by atomic mass is 10.2. The second-order valence-electron chi connectivity index (χ2n) is 4.49. The molecule has 0 N–H and O–H groups in total. The fourth-order valence-corrected chi connectivity index (χ4v) is 2.16. The van der Waals surface area contributed by atoms with E-state index in [0.717, 1.165) is 42.7 Å². The summed E-state index contributed by atoms with van der Waals surface area (Å²) in [5.41, 5.74) is 0.899. The van der Waals surface area contributed by atoms with Gasteiger partial charge in [-0.15, -0.1) is 0 Å². The summed E-state index contributed by atoms with van der Waals surface area (Å²) < 4.78 is 16.8. The monoisotopic (exact) mass is 259 g/mol. The average Bonchev–Trinajstić information content (AvgIpc) is 2.49. The van der Waals surface area contributed by atoms with Crippen molar-refractivity contribution in [2.45, 2.75) is 19.1 Å². The van der Waals surface area contributed by atoms with E-state index in [9.17, 15) is 0 Å². The molecule has 1 aliphatic heterocycles. The van der Waals surface area contributed by atoms with Crippen molar-refractivity contribution >= 4 is 10.9 Å². The van der Waals surface area contributed by atoms with Gasteiger partial charge in [-0.3, -0.25) is 4.98 Å². The molecular formula is C15H17NO3. The van der Waals surface area contributed by atoms with Gasteiger partial charge in [0.1, 0.15) is 11.3 Å². The predicted molar refractivity (Wildman–Crippen MR) is 72.2 cm³/mol. The standard InChI is InChI=1S/C15H17NO3/c1-4-12-5-2-8-16-15(12)13(6-1)17-11-7-14-18-9-3-10-19-14/h1-2,4-6,8,14H,3,7,9-11H2. The Balaban J connectivity index is 1.62. The Kier molecular flexibility index (Phi) is 3.91. The molecule has 0 atom stereocenters. The van der Waals surface area contributed by atoms with Crippen LogP contribution in [0.5, 0.6) is 5.75 Å². The number of rotatable bonds is 4. The highest BCUT2D eigenvalue weighted by molar-refractivity contribution is 5.84. The molecule has 1 aromatic carbocycles. The normalized spacial score (nSPS) is 16.6. The summed E-state index contributed by atoms with van der Waals surface area (Å²) in [4.78, 5) is 4.36. The van der Waals surface area contributed by atoms with Crippen LogP contribution in [0.2, 0.25) is 0 Å². The van der Waals surface area contributed by atoms with Gasteiger partial charge in [0.05, 0.1) is 19.8 Å². The minimum Gasteiger partial charge on any atom is -0.491 e. The van der Waals surface area contributed by atoms with E-state index >= 15 is 0 Å². The molecule has 1 aromatic heterocycles. The van der Waals surface area contributed by atoms with Gasteiger partial charge in [-0.1, -0.05) is 18.2 Å². The third-order valence-corrected chi connectivity index (χ3v) is 3.10. The van der Waals surface area contributed by atoms with Crippen molar-refractivity contribution in [1.29, 1.82) is 0 Å². The van der Waals surface area contributed by atoms with E-state index in [1.807, 2.05) is 30.3 Å². The smallest absolute Gasteiger partial charge is 0.160 e. The lowest BCUT2D eigenvalue weighted by Crippen LogP contribution is -2.26. The van der Waals surface area contributed by atoms with Gasteiger partial charge in [-0.2, -0.15) is 0 Å². The van der Waals surface area contributed by atoms with E-state index in [1.165, 1.54) is 0 Å². The number of pyridine rings is 1. The Bertz CT molecular complexity index is 532. The molecule has 0 spiro atoms. The molecule has 0 radical (unpaired) electrons. The van der Waals surface area contributed by atoms with E-state index in [0.29, 0.717) is 6.61 Å². The van der Waals surface area contributed by atoms with Gasteiger partial charge in [0.2, 0.25) is 0 Å². The number of nitrogens with zero attached hydrogens (tertiary/aromatic N) is 1. The van der Waals surface area contributed by atoms with Gasteiger partial charge in [0.25, 0.3) is 0 Å². The van der Waals surface area contributed by atoms with E-state index in [2.05, 4.69) is 4.98 Å². The maximum absolute atomic E-state index is 5.80. The van der Waals surface area contributed by atoms with Crippen LogP contribution < -0.4 is 4.74 Å². The quantitative estimate of drug-likeness (QED) is 0.846. The molecule has 1 aliphatic rings. The summed E-state index contributed by atoms with van der Waals surface area (Å²) in [5, 5.41) is 1.09. The summed E-state index contributed by atoms with van der Waals surface area (Å²) in [6.07, 6.45) is 3.37. The van der Waals surface area contributed by atoms with E-state index in [1.54, 1.807) is 6.20 Å². The van der Waals surface area contributed by atoms with Crippen LogP contribution in [-0.2, 0) is 9.47 Å². The molecule has 0 aliphatic carbocycles. The van der Waals surface area contributed by atoms with Gasteiger partial charge in [0, 0.05) is 18.0 Å². The Morgan fingerprint density at radius 2 is 2.00 bits per heavy atom. The number of ether oxygens (including phenoxy) is 3. The highest BCUT2D eigenvalue weighted by Crippen LogP contribution is 2.23. The van der Waals surface area contributed by atoms with Crippen LogP contribution >= 0.6 is 0 Å². The van der Waals surface area contributed by atoms with Gasteiger partial charge in [0.15, 0.2) is 6.29 Å². The predicted octanol–water partition coefficient (Wildman–Crippen LogP) is 2.77. The number of hydrogen-bond donors (Lipinski definition) is 0. The zero-order chi connectivity index (χ0) is 12.9. The molecule has 0 amide bonds. The Labute approximate surface area is 112 Å². The van der Waals surface area contributed by atoms with Crippen molar-refractivity contribution in [3.8, 4) is 5.75 Å². The second kappa shape index (κ2) is 5.99. The summed E-state index contributed by atoms with van der Waals surface area (Å²) in [5.74, 6) is 0.814. The Hall–Kier alpha value is -1.65. The number of hydrogen-bond acceptors (Lipinski definition) is 4. The second-order valence-corrected chi connectivity index (χ2v) is 4.49. The molecule has 0 unspecified atom stereocenters. The van der Waals surface area contributed by atoms with E-state index in [4.69, 9.17) is 14.2 Å². The third kappa shape index (κ3) is 3.03. The molecule has 0 saturated carbocycles. The molecule has 4 nitrogen and oxygen atoms in total. The van der Waals surface area contributed by atoms with Crippen molar-refractivity contribution in [3.05, 3.63) is 36.5 Å². The van der Waals surface area contributed by atoms with Crippen molar-refractivity contribution in [3.63, 3.8) is 0 Å². The van der Waals surface area contributed by atoms with Crippen molar-refractivity contribution < 1.29 is 14.2 Å². The van der Waals surface area contributed by atoms with E-state index < -0.39 is 0 Å². The molecule has 100 valence electrons. The van der Waals surface area contributed by atoms with Crippen LogP contribution in [0, 0.1) is 0 Å². The molecule has 0 bridgehead atoms. The Morgan fingerprint density at radius 3 is 2.89 bits per heavy atom. The zero-order valence-electron chi connectivity index (χ0n) is 10.7. The number of fused-ring (bicyclic) bond motifs is 1. The molecule has 1 fully saturated rings. The summed E-state index contributed by atoms with van der Waals surface area (Å²) >= 11 is 0. The van der Waals surface area contributed by atoms with Gasteiger partial charge < -0.3 is 14.2 Å². The van der Waals surface area contributed by atoms with Crippen LogP contribution in [0.3, 0.4) is 0 Å². The van der Waals surface area contributed by atoms with Crippen LogP contribution in [0.4, 0.5) is 0 Å². The van der Waals surface area contributed by atoms with Gasteiger partial charge >= 0.3 is 0 Å². The molecule has 2 heterocycles. The largest absolute Gasteiger partial charge is 0.491 e. The van der Waals surface area contributed by atoms with Gasteiger partial charge in [-0.05, 0) is 18.6 Å². The van der Waals surface area contributed by atoms with Gasteiger partial charge in [-0.25, -0.2) is 0 Å². The SMILES string of the molecule is c1cnc2c(OCCC3OCCCO3)cccc2c1.